The minimum atomic E-state index is -1.05. The predicted octanol–water partition coefficient (Wildman–Crippen LogP) is 4.31. The number of thioether (sulfide) groups is 1. The van der Waals surface area contributed by atoms with Crippen LogP contribution in [0.2, 0.25) is 5.02 Å². The molecule has 4 rings (SSSR count). The van der Waals surface area contributed by atoms with Gasteiger partial charge in [0.05, 0.1) is 17.4 Å². The van der Waals surface area contributed by atoms with Gasteiger partial charge in [0.1, 0.15) is 27.2 Å². The molecule has 0 amide bonds. The summed E-state index contributed by atoms with van der Waals surface area (Å²) in [5.41, 5.74) is 0.972. The SMILES string of the molecule is O=c1c2scnc2nc(SCc2c(F)cc(F)cc2F)n1-c1cnc(O)c(Cl)c1. The molecule has 0 saturated carbocycles. The van der Waals surface area contributed by atoms with E-state index >= 15 is 0 Å². The van der Waals surface area contributed by atoms with E-state index in [1.807, 2.05) is 0 Å². The first-order valence-electron chi connectivity index (χ1n) is 7.82. The zero-order valence-electron chi connectivity index (χ0n) is 14.1. The first kappa shape index (κ1) is 19.7. The molecule has 4 aromatic rings. The summed E-state index contributed by atoms with van der Waals surface area (Å²) in [5, 5.41) is 9.51. The molecule has 0 saturated heterocycles. The van der Waals surface area contributed by atoms with E-state index in [1.54, 1.807) is 0 Å². The fourth-order valence-electron chi connectivity index (χ4n) is 2.51. The molecule has 0 bridgehead atoms. The molecule has 0 fully saturated rings. The van der Waals surface area contributed by atoms with E-state index in [1.165, 1.54) is 17.8 Å². The Morgan fingerprint density at radius 3 is 2.59 bits per heavy atom. The topological polar surface area (TPSA) is 80.9 Å². The van der Waals surface area contributed by atoms with Gasteiger partial charge in [-0.15, -0.1) is 11.3 Å². The number of hydrogen-bond donors (Lipinski definition) is 1. The summed E-state index contributed by atoms with van der Waals surface area (Å²) < 4.78 is 42.5. The van der Waals surface area contributed by atoms with Crippen LogP contribution in [0.4, 0.5) is 13.2 Å². The van der Waals surface area contributed by atoms with Crippen molar-refractivity contribution >= 4 is 45.0 Å². The number of rotatable bonds is 4. The van der Waals surface area contributed by atoms with Gasteiger partial charge in [-0.3, -0.25) is 9.36 Å². The zero-order valence-corrected chi connectivity index (χ0v) is 16.5. The number of halogens is 4. The molecule has 0 aliphatic carbocycles. The lowest BCUT2D eigenvalue weighted by Gasteiger charge is -2.12. The molecule has 148 valence electrons. The Balaban J connectivity index is 1.83. The molecular weight excluding hydrogens is 449 g/mol. The zero-order chi connectivity index (χ0) is 20.7. The Bertz CT molecular complexity index is 1290. The third-order valence-electron chi connectivity index (χ3n) is 3.86. The van der Waals surface area contributed by atoms with E-state index < -0.39 is 28.9 Å². The first-order chi connectivity index (χ1) is 13.8. The molecule has 3 aromatic heterocycles. The third-order valence-corrected chi connectivity index (χ3v) is 5.90. The van der Waals surface area contributed by atoms with Crippen LogP contribution in [0.3, 0.4) is 0 Å². The van der Waals surface area contributed by atoms with Crippen molar-refractivity contribution in [2.24, 2.45) is 0 Å². The van der Waals surface area contributed by atoms with Gasteiger partial charge >= 0.3 is 0 Å². The summed E-state index contributed by atoms with van der Waals surface area (Å²) in [5.74, 6) is -3.81. The van der Waals surface area contributed by atoms with E-state index in [0.717, 1.165) is 27.7 Å². The third kappa shape index (κ3) is 3.68. The number of nitrogens with zero attached hydrogens (tertiary/aromatic N) is 4. The number of fused-ring (bicyclic) bond motifs is 1. The highest BCUT2D eigenvalue weighted by atomic mass is 35.5. The van der Waals surface area contributed by atoms with Crippen LogP contribution < -0.4 is 5.56 Å². The van der Waals surface area contributed by atoms with Crippen molar-refractivity contribution in [2.45, 2.75) is 10.9 Å². The van der Waals surface area contributed by atoms with Gasteiger partial charge in [0.25, 0.3) is 5.56 Å². The van der Waals surface area contributed by atoms with Crippen molar-refractivity contribution in [3.05, 3.63) is 68.3 Å². The molecule has 3 heterocycles. The molecule has 0 aliphatic rings. The summed E-state index contributed by atoms with van der Waals surface area (Å²) in [6.07, 6.45) is 1.21. The average Bonchev–Trinajstić information content (AvgIpc) is 3.12. The fraction of sp³-hybridized carbons (Fsp3) is 0.0588. The molecule has 0 radical (unpaired) electrons. The Kier molecular flexibility index (Phi) is 5.19. The van der Waals surface area contributed by atoms with Gasteiger partial charge in [0, 0.05) is 23.4 Å². The van der Waals surface area contributed by atoms with Crippen LogP contribution >= 0.6 is 34.7 Å². The van der Waals surface area contributed by atoms with E-state index in [0.29, 0.717) is 12.1 Å². The van der Waals surface area contributed by atoms with Crippen molar-refractivity contribution in [2.75, 3.05) is 0 Å². The smallest absolute Gasteiger partial charge is 0.278 e. The summed E-state index contributed by atoms with van der Waals surface area (Å²) >= 11 is 7.83. The molecule has 0 atom stereocenters. The fourth-order valence-corrected chi connectivity index (χ4v) is 4.34. The molecular formula is C17H8ClF3N4O2S2. The molecule has 0 spiro atoms. The molecule has 1 N–H and O–H groups in total. The second kappa shape index (κ2) is 7.65. The maximum absolute atomic E-state index is 14.0. The highest BCUT2D eigenvalue weighted by Gasteiger charge is 2.19. The molecule has 29 heavy (non-hydrogen) atoms. The van der Waals surface area contributed by atoms with Crippen molar-refractivity contribution in [3.8, 4) is 11.6 Å². The van der Waals surface area contributed by atoms with Gasteiger partial charge in [0.15, 0.2) is 10.8 Å². The number of thiazole rings is 1. The lowest BCUT2D eigenvalue weighted by Crippen LogP contribution is -2.21. The lowest BCUT2D eigenvalue weighted by molar-refractivity contribution is 0.453. The van der Waals surface area contributed by atoms with Crippen LogP contribution in [-0.4, -0.2) is 24.6 Å². The molecule has 0 unspecified atom stereocenters. The van der Waals surface area contributed by atoms with E-state index in [9.17, 15) is 23.1 Å². The Hall–Kier alpha value is -2.63. The second-order valence-electron chi connectivity index (χ2n) is 5.68. The van der Waals surface area contributed by atoms with Crippen molar-refractivity contribution in [1.29, 1.82) is 0 Å². The molecule has 12 heteroatoms. The van der Waals surface area contributed by atoms with Gasteiger partial charge in [0.2, 0.25) is 5.88 Å². The monoisotopic (exact) mass is 456 g/mol. The highest BCUT2D eigenvalue weighted by molar-refractivity contribution is 7.98. The average molecular weight is 457 g/mol. The van der Waals surface area contributed by atoms with Crippen molar-refractivity contribution in [1.82, 2.24) is 19.5 Å². The molecule has 0 aliphatic heterocycles. The summed E-state index contributed by atoms with van der Waals surface area (Å²) in [7, 11) is 0. The number of hydrogen-bond acceptors (Lipinski definition) is 7. The number of aromatic hydroxyl groups is 1. The second-order valence-corrected chi connectivity index (χ2v) is 7.88. The molecule has 6 nitrogen and oxygen atoms in total. The van der Waals surface area contributed by atoms with Crippen molar-refractivity contribution in [3.63, 3.8) is 0 Å². The van der Waals surface area contributed by atoms with Crippen LogP contribution in [0.5, 0.6) is 5.88 Å². The number of aromatic nitrogens is 4. The quantitative estimate of drug-likeness (QED) is 0.364. The Labute approximate surface area is 173 Å². The standard InChI is InChI=1S/C17H8ClF3N4O2S2/c18-10-3-8(4-22-15(10)26)25-16(27)13-14(23-6-29-13)24-17(25)28-5-9-11(20)1-7(19)2-12(9)21/h1-4,6H,5H2,(H,22,26). The van der Waals surface area contributed by atoms with Crippen molar-refractivity contribution < 1.29 is 18.3 Å². The van der Waals surface area contributed by atoms with Crippen LogP contribution in [-0.2, 0) is 5.75 Å². The largest absolute Gasteiger partial charge is 0.492 e. The maximum atomic E-state index is 14.0. The minimum absolute atomic E-state index is 0.0695. The number of pyridine rings is 1. The van der Waals surface area contributed by atoms with Crippen LogP contribution in [0.25, 0.3) is 16.0 Å². The number of benzene rings is 1. The summed E-state index contributed by atoms with van der Waals surface area (Å²) in [6, 6.07) is 2.46. The summed E-state index contributed by atoms with van der Waals surface area (Å²) in [6.45, 7) is 0. The van der Waals surface area contributed by atoms with Crippen LogP contribution in [0.1, 0.15) is 5.56 Å². The highest BCUT2D eigenvalue weighted by Crippen LogP contribution is 2.29. The Morgan fingerprint density at radius 1 is 1.17 bits per heavy atom. The lowest BCUT2D eigenvalue weighted by atomic mass is 10.2. The van der Waals surface area contributed by atoms with E-state index in [4.69, 9.17) is 11.6 Å². The summed E-state index contributed by atoms with van der Waals surface area (Å²) in [4.78, 5) is 25.0. The Morgan fingerprint density at radius 2 is 1.90 bits per heavy atom. The van der Waals surface area contributed by atoms with E-state index in [-0.39, 0.29) is 37.5 Å². The normalized spacial score (nSPS) is 11.3. The minimum Gasteiger partial charge on any atom is -0.492 e. The van der Waals surface area contributed by atoms with Gasteiger partial charge in [-0.2, -0.15) is 0 Å². The first-order valence-corrected chi connectivity index (χ1v) is 10.1. The van der Waals surface area contributed by atoms with Gasteiger partial charge < -0.3 is 5.11 Å². The van der Waals surface area contributed by atoms with Gasteiger partial charge in [-0.1, -0.05) is 23.4 Å². The van der Waals surface area contributed by atoms with Gasteiger partial charge in [-0.05, 0) is 6.07 Å². The van der Waals surface area contributed by atoms with Gasteiger partial charge in [-0.25, -0.2) is 28.1 Å². The maximum Gasteiger partial charge on any atom is 0.278 e. The van der Waals surface area contributed by atoms with E-state index in [2.05, 4.69) is 15.0 Å². The molecule has 1 aromatic carbocycles. The van der Waals surface area contributed by atoms with Crippen LogP contribution in [0.15, 0.2) is 39.9 Å². The van der Waals surface area contributed by atoms with Crippen LogP contribution in [0, 0.1) is 17.5 Å². The predicted molar refractivity (Wildman–Crippen MR) is 103 cm³/mol.